The van der Waals surface area contributed by atoms with Crippen LogP contribution in [-0.4, -0.2) is 36.5 Å². The molecule has 8 heteroatoms. The number of anilines is 1. The van der Waals surface area contributed by atoms with Gasteiger partial charge in [-0.2, -0.15) is 0 Å². The maximum absolute atomic E-state index is 12.7. The first-order valence-electron chi connectivity index (χ1n) is 9.15. The van der Waals surface area contributed by atoms with E-state index in [2.05, 4.69) is 10.3 Å². The topological polar surface area (TPSA) is 94.6 Å². The van der Waals surface area contributed by atoms with E-state index in [4.69, 9.17) is 9.47 Å². The Morgan fingerprint density at radius 3 is 2.61 bits per heavy atom. The molecule has 148 valence electrons. The molecule has 0 atom stereocenters. The number of thiophene rings is 1. The van der Waals surface area contributed by atoms with Crippen LogP contribution in [-0.2, 0) is 22.3 Å². The normalized spacial score (nSPS) is 12.8. The molecule has 2 aromatic rings. The Bertz CT molecular complexity index is 935. The molecule has 0 radical (unpaired) electrons. The van der Waals surface area contributed by atoms with Crippen molar-refractivity contribution in [3.05, 3.63) is 45.1 Å². The van der Waals surface area contributed by atoms with E-state index in [0.29, 0.717) is 21.8 Å². The predicted molar refractivity (Wildman–Crippen MR) is 105 cm³/mol. The number of carbonyl (C=O) groups is 3. The molecule has 0 unspecified atom stereocenters. The lowest BCUT2D eigenvalue weighted by Gasteiger charge is -2.12. The van der Waals surface area contributed by atoms with Gasteiger partial charge in [-0.1, -0.05) is 0 Å². The van der Waals surface area contributed by atoms with Gasteiger partial charge in [0, 0.05) is 4.88 Å². The van der Waals surface area contributed by atoms with Crippen molar-refractivity contribution in [3.8, 4) is 0 Å². The number of amides is 1. The Labute approximate surface area is 167 Å². The fourth-order valence-corrected chi connectivity index (χ4v) is 4.52. The number of fused-ring (bicyclic) bond motifs is 1. The van der Waals surface area contributed by atoms with E-state index in [1.165, 1.54) is 30.6 Å². The number of hydrogen-bond acceptors (Lipinski definition) is 7. The maximum atomic E-state index is 12.7. The first kappa shape index (κ1) is 20.0. The van der Waals surface area contributed by atoms with Crippen LogP contribution in [0.4, 0.5) is 5.00 Å². The van der Waals surface area contributed by atoms with E-state index in [1.807, 2.05) is 0 Å². The second-order valence-electron chi connectivity index (χ2n) is 6.41. The first-order chi connectivity index (χ1) is 13.5. The summed E-state index contributed by atoms with van der Waals surface area (Å²) >= 11 is 1.41. The summed E-state index contributed by atoms with van der Waals surface area (Å²) in [5.74, 6) is -1.36. The highest BCUT2D eigenvalue weighted by Crippen LogP contribution is 2.38. The lowest BCUT2D eigenvalue weighted by atomic mass is 9.95. The summed E-state index contributed by atoms with van der Waals surface area (Å²) in [4.78, 5) is 42.2. The molecular formula is C20H22N2O5S. The van der Waals surface area contributed by atoms with Crippen LogP contribution in [0, 0.1) is 6.92 Å². The second-order valence-corrected chi connectivity index (χ2v) is 7.52. The zero-order valence-corrected chi connectivity index (χ0v) is 16.9. The quantitative estimate of drug-likeness (QED) is 0.769. The van der Waals surface area contributed by atoms with Gasteiger partial charge in [0.2, 0.25) is 0 Å². The van der Waals surface area contributed by atoms with Crippen molar-refractivity contribution in [1.82, 2.24) is 4.98 Å². The van der Waals surface area contributed by atoms with Gasteiger partial charge in [-0.25, -0.2) is 14.6 Å². The number of nitrogens with zero attached hydrogens (tertiary/aromatic N) is 1. The number of ether oxygens (including phenoxy) is 2. The van der Waals surface area contributed by atoms with E-state index in [0.717, 1.165) is 36.1 Å². The van der Waals surface area contributed by atoms with Crippen LogP contribution in [0.2, 0.25) is 0 Å². The summed E-state index contributed by atoms with van der Waals surface area (Å²) < 4.78 is 9.90. The van der Waals surface area contributed by atoms with Gasteiger partial charge < -0.3 is 14.8 Å². The van der Waals surface area contributed by atoms with E-state index in [-0.39, 0.29) is 12.3 Å². The highest BCUT2D eigenvalue weighted by molar-refractivity contribution is 7.17. The number of aromatic nitrogens is 1. The Balaban J connectivity index is 1.87. The third-order valence-corrected chi connectivity index (χ3v) is 5.81. The van der Waals surface area contributed by atoms with Crippen molar-refractivity contribution < 1.29 is 23.9 Å². The molecule has 1 amide bonds. The smallest absolute Gasteiger partial charge is 0.341 e. The maximum Gasteiger partial charge on any atom is 0.341 e. The van der Waals surface area contributed by atoms with Crippen molar-refractivity contribution in [2.75, 3.05) is 19.0 Å². The summed E-state index contributed by atoms with van der Waals surface area (Å²) in [6.07, 6.45) is 3.78. The van der Waals surface area contributed by atoms with Gasteiger partial charge in [0.05, 0.1) is 30.5 Å². The van der Waals surface area contributed by atoms with E-state index in [1.54, 1.807) is 13.8 Å². The van der Waals surface area contributed by atoms with Crippen LogP contribution in [0.25, 0.3) is 0 Å². The number of esters is 2. The molecule has 3 rings (SSSR count). The van der Waals surface area contributed by atoms with Crippen molar-refractivity contribution in [2.24, 2.45) is 0 Å². The van der Waals surface area contributed by atoms with Gasteiger partial charge in [-0.05, 0) is 57.2 Å². The van der Waals surface area contributed by atoms with E-state index < -0.39 is 17.8 Å². The fraction of sp³-hybridized carbons (Fsp3) is 0.400. The molecule has 0 bridgehead atoms. The SMILES string of the molecule is CCOC(=O)c1ccc(C(=O)Nc2sc3c(c2C(=O)OC)CCCC3)nc1C. The first-order valence-corrected chi connectivity index (χ1v) is 9.96. The monoisotopic (exact) mass is 402 g/mol. The summed E-state index contributed by atoms with van der Waals surface area (Å²) in [7, 11) is 1.33. The number of methoxy groups -OCH3 is 1. The predicted octanol–water partition coefficient (Wildman–Crippen LogP) is 3.55. The van der Waals surface area contributed by atoms with Crippen molar-refractivity contribution in [3.63, 3.8) is 0 Å². The standard InChI is InChI=1S/C20H22N2O5S/c1-4-27-19(24)12-9-10-14(21-11(12)2)17(23)22-18-16(20(25)26-3)13-7-5-6-8-15(13)28-18/h9-10H,4-8H2,1-3H3,(H,22,23). The van der Waals surface area contributed by atoms with Crippen LogP contribution in [0.3, 0.4) is 0 Å². The molecule has 28 heavy (non-hydrogen) atoms. The molecule has 2 aromatic heterocycles. The molecule has 0 aliphatic heterocycles. The number of carbonyl (C=O) groups excluding carboxylic acids is 3. The molecule has 1 aliphatic carbocycles. The molecule has 0 aromatic carbocycles. The van der Waals surface area contributed by atoms with Gasteiger partial charge in [0.15, 0.2) is 0 Å². The van der Waals surface area contributed by atoms with Gasteiger partial charge in [0.1, 0.15) is 10.7 Å². The summed E-state index contributed by atoms with van der Waals surface area (Å²) in [5.41, 5.74) is 2.30. The Kier molecular flexibility index (Phi) is 6.08. The molecular weight excluding hydrogens is 380 g/mol. The lowest BCUT2D eigenvalue weighted by Crippen LogP contribution is -2.17. The molecule has 2 heterocycles. The minimum Gasteiger partial charge on any atom is -0.465 e. The van der Waals surface area contributed by atoms with Crippen LogP contribution in [0.1, 0.15) is 67.1 Å². The Hall–Kier alpha value is -2.74. The number of pyridine rings is 1. The Morgan fingerprint density at radius 2 is 1.93 bits per heavy atom. The Morgan fingerprint density at radius 1 is 1.18 bits per heavy atom. The number of nitrogens with one attached hydrogen (secondary N) is 1. The van der Waals surface area contributed by atoms with Crippen LogP contribution >= 0.6 is 11.3 Å². The average molecular weight is 402 g/mol. The van der Waals surface area contributed by atoms with Crippen LogP contribution in [0.5, 0.6) is 0 Å². The molecule has 0 saturated carbocycles. The molecule has 0 saturated heterocycles. The number of rotatable bonds is 5. The second kappa shape index (κ2) is 8.52. The highest BCUT2D eigenvalue weighted by Gasteiger charge is 2.27. The number of hydrogen-bond donors (Lipinski definition) is 1. The number of aryl methyl sites for hydroxylation is 2. The zero-order valence-electron chi connectivity index (χ0n) is 16.1. The van der Waals surface area contributed by atoms with E-state index in [9.17, 15) is 14.4 Å². The highest BCUT2D eigenvalue weighted by atomic mass is 32.1. The average Bonchev–Trinajstić information content (AvgIpc) is 3.05. The van der Waals surface area contributed by atoms with Crippen LogP contribution in [0.15, 0.2) is 12.1 Å². The molecule has 1 aliphatic rings. The molecule has 0 spiro atoms. The lowest BCUT2D eigenvalue weighted by molar-refractivity contribution is 0.0523. The van der Waals surface area contributed by atoms with Crippen molar-refractivity contribution >= 4 is 34.2 Å². The summed E-state index contributed by atoms with van der Waals surface area (Å²) in [6, 6.07) is 3.00. The molecule has 7 nitrogen and oxygen atoms in total. The summed E-state index contributed by atoms with van der Waals surface area (Å²) in [5, 5.41) is 3.28. The third kappa shape index (κ3) is 3.91. The zero-order chi connectivity index (χ0) is 20.3. The van der Waals surface area contributed by atoms with Crippen LogP contribution < -0.4 is 5.32 Å². The van der Waals surface area contributed by atoms with E-state index >= 15 is 0 Å². The minimum atomic E-state index is -0.474. The fourth-order valence-electron chi connectivity index (χ4n) is 3.25. The van der Waals surface area contributed by atoms with Crippen molar-refractivity contribution in [2.45, 2.75) is 39.5 Å². The third-order valence-electron chi connectivity index (χ3n) is 4.60. The molecule has 1 N–H and O–H groups in total. The molecule has 0 fully saturated rings. The minimum absolute atomic E-state index is 0.160. The summed E-state index contributed by atoms with van der Waals surface area (Å²) in [6.45, 7) is 3.63. The van der Waals surface area contributed by atoms with Gasteiger partial charge in [-0.3, -0.25) is 4.79 Å². The van der Waals surface area contributed by atoms with Gasteiger partial charge in [-0.15, -0.1) is 11.3 Å². The largest absolute Gasteiger partial charge is 0.465 e. The van der Waals surface area contributed by atoms with Crippen molar-refractivity contribution in [1.29, 1.82) is 0 Å². The van der Waals surface area contributed by atoms with Gasteiger partial charge >= 0.3 is 11.9 Å². The van der Waals surface area contributed by atoms with Gasteiger partial charge in [0.25, 0.3) is 5.91 Å².